The van der Waals surface area contributed by atoms with Gasteiger partial charge in [0.25, 0.3) is 0 Å². The van der Waals surface area contributed by atoms with E-state index in [1.807, 2.05) is 6.07 Å². The van der Waals surface area contributed by atoms with Gasteiger partial charge in [-0.3, -0.25) is 0 Å². The summed E-state index contributed by atoms with van der Waals surface area (Å²) in [5.74, 6) is 0. The molecule has 4 nitrogen and oxygen atoms in total. The predicted molar refractivity (Wildman–Crippen MR) is 77.1 cm³/mol. The van der Waals surface area contributed by atoms with Crippen LogP contribution in [0.3, 0.4) is 0 Å². The van der Waals surface area contributed by atoms with Crippen molar-refractivity contribution in [2.75, 3.05) is 37.8 Å². The first-order chi connectivity index (χ1) is 10.9. The number of benzene rings is 1. The van der Waals surface area contributed by atoms with Crippen LogP contribution in [0.2, 0.25) is 0 Å². The molecule has 3 rings (SSSR count). The Hall–Kier alpha value is -1.78. The molecule has 7 heteroatoms. The molecule has 23 heavy (non-hydrogen) atoms. The maximum atomic E-state index is 13.3. The number of anilines is 1. The van der Waals surface area contributed by atoms with E-state index in [0.717, 1.165) is 6.07 Å². The number of nitriles is 1. The third-order valence-electron chi connectivity index (χ3n) is 4.43. The molecule has 0 unspecified atom stereocenters. The van der Waals surface area contributed by atoms with Crippen molar-refractivity contribution in [3.63, 3.8) is 0 Å². The summed E-state index contributed by atoms with van der Waals surface area (Å²) < 4.78 is 51.1. The first kappa shape index (κ1) is 16.1. The van der Waals surface area contributed by atoms with E-state index in [-0.39, 0.29) is 11.3 Å². The zero-order valence-electron chi connectivity index (χ0n) is 12.5. The minimum absolute atomic E-state index is 0.0608. The van der Waals surface area contributed by atoms with Crippen molar-refractivity contribution in [3.05, 3.63) is 29.3 Å². The number of rotatable bonds is 1. The van der Waals surface area contributed by atoms with Crippen molar-refractivity contribution in [2.24, 2.45) is 0 Å². The second-order valence-corrected chi connectivity index (χ2v) is 5.91. The number of nitrogens with zero attached hydrogens (tertiary/aromatic N) is 2. The van der Waals surface area contributed by atoms with Crippen molar-refractivity contribution in [2.45, 2.75) is 24.6 Å². The molecule has 0 saturated carbocycles. The molecule has 2 fully saturated rings. The van der Waals surface area contributed by atoms with Crippen LogP contribution in [0.25, 0.3) is 0 Å². The Bertz CT molecular complexity index is 613. The largest absolute Gasteiger partial charge is 0.418 e. The molecule has 2 aliphatic heterocycles. The summed E-state index contributed by atoms with van der Waals surface area (Å²) in [6, 6.07) is 5.42. The molecule has 2 heterocycles. The SMILES string of the molecule is N#Cc1ccc(C(F)(F)F)c(N2CCOC3(CCOCC3)C2)c1. The molecule has 1 aromatic rings. The summed E-state index contributed by atoms with van der Waals surface area (Å²) in [4.78, 5) is 1.69. The normalized spacial score (nSPS) is 21.2. The maximum Gasteiger partial charge on any atom is 0.418 e. The van der Waals surface area contributed by atoms with E-state index < -0.39 is 17.3 Å². The number of alkyl halides is 3. The molecule has 1 aromatic carbocycles. The molecule has 1 spiro atoms. The highest BCUT2D eigenvalue weighted by molar-refractivity contribution is 5.59. The fourth-order valence-corrected chi connectivity index (χ4v) is 3.20. The fraction of sp³-hybridized carbons (Fsp3) is 0.562. The summed E-state index contributed by atoms with van der Waals surface area (Å²) >= 11 is 0. The van der Waals surface area contributed by atoms with Crippen LogP contribution < -0.4 is 4.90 Å². The monoisotopic (exact) mass is 326 g/mol. The zero-order chi connectivity index (χ0) is 16.5. The molecule has 0 bridgehead atoms. The molecule has 0 atom stereocenters. The highest BCUT2D eigenvalue weighted by atomic mass is 19.4. The van der Waals surface area contributed by atoms with Gasteiger partial charge in [-0.25, -0.2) is 0 Å². The summed E-state index contributed by atoms with van der Waals surface area (Å²) in [5.41, 5.74) is -0.881. The quantitative estimate of drug-likeness (QED) is 0.796. The van der Waals surface area contributed by atoms with Gasteiger partial charge in [-0.1, -0.05) is 0 Å². The van der Waals surface area contributed by atoms with Gasteiger partial charge in [0.1, 0.15) is 0 Å². The van der Waals surface area contributed by atoms with Crippen LogP contribution in [-0.2, 0) is 15.7 Å². The van der Waals surface area contributed by atoms with Gasteiger partial charge in [-0.2, -0.15) is 18.4 Å². The van der Waals surface area contributed by atoms with Gasteiger partial charge in [-0.15, -0.1) is 0 Å². The smallest absolute Gasteiger partial charge is 0.381 e. The summed E-state index contributed by atoms with van der Waals surface area (Å²) in [5, 5.41) is 9.01. The zero-order valence-corrected chi connectivity index (χ0v) is 12.5. The van der Waals surface area contributed by atoms with Crippen LogP contribution in [-0.4, -0.2) is 38.5 Å². The third kappa shape index (κ3) is 3.28. The van der Waals surface area contributed by atoms with E-state index in [9.17, 15) is 13.2 Å². The lowest BCUT2D eigenvalue weighted by molar-refractivity contribution is -0.138. The topological polar surface area (TPSA) is 45.5 Å². The van der Waals surface area contributed by atoms with E-state index >= 15 is 0 Å². The van der Waals surface area contributed by atoms with Gasteiger partial charge in [-0.05, 0) is 18.2 Å². The number of hydrogen-bond acceptors (Lipinski definition) is 4. The number of hydrogen-bond donors (Lipinski definition) is 0. The standard InChI is InChI=1S/C16H17F3N2O2/c17-16(18,19)13-2-1-12(10-20)9-14(13)21-5-8-23-15(11-21)3-6-22-7-4-15/h1-2,9H,3-8,11H2. The Morgan fingerprint density at radius 2 is 1.91 bits per heavy atom. The lowest BCUT2D eigenvalue weighted by atomic mass is 9.91. The third-order valence-corrected chi connectivity index (χ3v) is 4.43. The van der Waals surface area contributed by atoms with E-state index in [0.29, 0.717) is 45.8 Å². The minimum Gasteiger partial charge on any atom is -0.381 e. The molecule has 0 aliphatic carbocycles. The lowest BCUT2D eigenvalue weighted by Crippen LogP contribution is -2.54. The highest BCUT2D eigenvalue weighted by Crippen LogP contribution is 2.39. The van der Waals surface area contributed by atoms with Gasteiger partial charge in [0, 0.05) is 39.1 Å². The van der Waals surface area contributed by atoms with Gasteiger partial charge in [0.15, 0.2) is 0 Å². The Morgan fingerprint density at radius 1 is 1.17 bits per heavy atom. The van der Waals surface area contributed by atoms with Gasteiger partial charge < -0.3 is 14.4 Å². The molecular weight excluding hydrogens is 309 g/mol. The van der Waals surface area contributed by atoms with E-state index in [2.05, 4.69) is 0 Å². The van der Waals surface area contributed by atoms with Crippen LogP contribution in [0.4, 0.5) is 18.9 Å². The minimum atomic E-state index is -4.45. The van der Waals surface area contributed by atoms with Crippen molar-refractivity contribution in [3.8, 4) is 6.07 Å². The van der Waals surface area contributed by atoms with Crippen molar-refractivity contribution >= 4 is 5.69 Å². The van der Waals surface area contributed by atoms with Crippen LogP contribution >= 0.6 is 0 Å². The van der Waals surface area contributed by atoms with E-state index in [4.69, 9.17) is 14.7 Å². The number of morpholine rings is 1. The highest BCUT2D eigenvalue weighted by Gasteiger charge is 2.41. The van der Waals surface area contributed by atoms with Crippen molar-refractivity contribution < 1.29 is 22.6 Å². The molecule has 2 saturated heterocycles. The fourth-order valence-electron chi connectivity index (χ4n) is 3.20. The maximum absolute atomic E-state index is 13.3. The van der Waals surface area contributed by atoms with Crippen molar-refractivity contribution in [1.29, 1.82) is 5.26 Å². The van der Waals surface area contributed by atoms with Gasteiger partial charge in [0.05, 0.1) is 35.1 Å². The molecule has 2 aliphatic rings. The van der Waals surface area contributed by atoms with Gasteiger partial charge in [0.2, 0.25) is 0 Å². The summed E-state index contributed by atoms with van der Waals surface area (Å²) in [7, 11) is 0. The molecule has 0 N–H and O–H groups in total. The second kappa shape index (κ2) is 6.02. The Kier molecular flexibility index (Phi) is 4.21. The van der Waals surface area contributed by atoms with Crippen molar-refractivity contribution in [1.82, 2.24) is 0 Å². The summed E-state index contributed by atoms with van der Waals surface area (Å²) in [6.07, 6.45) is -3.12. The van der Waals surface area contributed by atoms with Crippen LogP contribution in [0.5, 0.6) is 0 Å². The second-order valence-electron chi connectivity index (χ2n) is 5.91. The van der Waals surface area contributed by atoms with E-state index in [1.54, 1.807) is 4.90 Å². The molecule has 0 amide bonds. The van der Waals surface area contributed by atoms with E-state index in [1.165, 1.54) is 12.1 Å². The first-order valence-corrected chi connectivity index (χ1v) is 7.52. The molecule has 124 valence electrons. The van der Waals surface area contributed by atoms with Crippen LogP contribution in [0.15, 0.2) is 18.2 Å². The van der Waals surface area contributed by atoms with Crippen LogP contribution in [0.1, 0.15) is 24.0 Å². The number of ether oxygens (including phenoxy) is 2. The average Bonchev–Trinajstić information content (AvgIpc) is 2.54. The van der Waals surface area contributed by atoms with Gasteiger partial charge >= 0.3 is 6.18 Å². The molecular formula is C16H17F3N2O2. The molecule has 0 aromatic heterocycles. The Balaban J connectivity index is 1.95. The molecule has 0 radical (unpaired) electrons. The lowest BCUT2D eigenvalue weighted by Gasteiger charge is -2.46. The number of halogens is 3. The Morgan fingerprint density at radius 3 is 2.57 bits per heavy atom. The predicted octanol–water partition coefficient (Wildman–Crippen LogP) is 2.96. The first-order valence-electron chi connectivity index (χ1n) is 7.52. The van der Waals surface area contributed by atoms with Crippen LogP contribution in [0, 0.1) is 11.3 Å². The summed E-state index contributed by atoms with van der Waals surface area (Å²) in [6.45, 7) is 2.24. The Labute approximate surface area is 132 Å². The average molecular weight is 326 g/mol.